The summed E-state index contributed by atoms with van der Waals surface area (Å²) in [7, 11) is 0. The summed E-state index contributed by atoms with van der Waals surface area (Å²) < 4.78 is 1.65. The van der Waals surface area contributed by atoms with Crippen molar-refractivity contribution in [2.24, 2.45) is 10.9 Å². The highest BCUT2D eigenvalue weighted by Crippen LogP contribution is 2.29. The lowest BCUT2D eigenvalue weighted by Gasteiger charge is -2.09. The maximum absolute atomic E-state index is 12.0. The predicted molar refractivity (Wildman–Crippen MR) is 114 cm³/mol. The second-order valence-electron chi connectivity index (χ2n) is 7.67. The first-order chi connectivity index (χ1) is 14.5. The van der Waals surface area contributed by atoms with Crippen LogP contribution in [0.2, 0.25) is 0 Å². The molecule has 2 aromatic heterocycles. The van der Waals surface area contributed by atoms with Crippen LogP contribution < -0.4 is 10.6 Å². The molecule has 150 valence electrons. The number of anilines is 2. The standard InChI is InChI=1S/C22H20N6O2/c1-13-3-2-4-17(7-13)25-18-10-19(23-11-14-5-6-14)28-21(26-18)16(12-24-28)8-15-9-20(29)27-22(15)30/h2-4,7-8,10-12,14H,5-6,9H2,1H3,(H,25,26)(H,27,29,30)/b15-8+,23-11?. The minimum absolute atomic E-state index is 0.0596. The van der Waals surface area contributed by atoms with Gasteiger partial charge in [0, 0.05) is 29.1 Å². The van der Waals surface area contributed by atoms with Crippen LogP contribution in [0, 0.1) is 12.8 Å². The average molecular weight is 400 g/mol. The SMILES string of the molecule is Cc1cccc(Nc2cc(N=CC3CC3)n3ncc(/C=C4\CC(=O)NC4=O)c3n2)c1. The second kappa shape index (κ2) is 7.22. The normalized spacial score (nSPS) is 18.0. The van der Waals surface area contributed by atoms with Crippen LogP contribution in [0.3, 0.4) is 0 Å². The Morgan fingerprint density at radius 3 is 2.87 bits per heavy atom. The third-order valence-electron chi connectivity index (χ3n) is 5.04. The summed E-state index contributed by atoms with van der Waals surface area (Å²) in [6, 6.07) is 9.87. The van der Waals surface area contributed by atoms with Gasteiger partial charge in [0.05, 0.1) is 12.6 Å². The Labute approximate surface area is 172 Å². The number of nitrogens with one attached hydrogen (secondary N) is 2. The van der Waals surface area contributed by atoms with Crippen LogP contribution in [-0.2, 0) is 9.59 Å². The Morgan fingerprint density at radius 2 is 2.13 bits per heavy atom. The van der Waals surface area contributed by atoms with E-state index in [4.69, 9.17) is 4.98 Å². The third kappa shape index (κ3) is 3.71. The molecule has 3 aromatic rings. The van der Waals surface area contributed by atoms with Gasteiger partial charge in [-0.2, -0.15) is 9.61 Å². The van der Waals surface area contributed by atoms with Gasteiger partial charge in [-0.25, -0.2) is 9.98 Å². The molecule has 0 radical (unpaired) electrons. The summed E-state index contributed by atoms with van der Waals surface area (Å²) in [5, 5.41) is 10.0. The van der Waals surface area contributed by atoms with E-state index in [-0.39, 0.29) is 18.2 Å². The van der Waals surface area contributed by atoms with E-state index in [0.717, 1.165) is 24.1 Å². The highest BCUT2D eigenvalue weighted by Gasteiger charge is 2.24. The van der Waals surface area contributed by atoms with Gasteiger partial charge in [-0.05, 0) is 49.5 Å². The van der Waals surface area contributed by atoms with Crippen LogP contribution in [0.4, 0.5) is 17.3 Å². The number of imide groups is 1. The molecule has 2 amide bonds. The summed E-state index contributed by atoms with van der Waals surface area (Å²) in [5.41, 5.74) is 3.68. The van der Waals surface area contributed by atoms with Crippen LogP contribution in [-0.4, -0.2) is 32.6 Å². The highest BCUT2D eigenvalue weighted by molar-refractivity contribution is 6.15. The fourth-order valence-corrected chi connectivity index (χ4v) is 3.33. The maximum Gasteiger partial charge on any atom is 0.254 e. The molecule has 5 rings (SSSR count). The highest BCUT2D eigenvalue weighted by atomic mass is 16.2. The molecule has 8 nitrogen and oxygen atoms in total. The molecule has 1 aliphatic carbocycles. The number of aliphatic imine (C=N–C) groups is 1. The molecule has 0 unspecified atom stereocenters. The number of hydrogen-bond donors (Lipinski definition) is 2. The minimum Gasteiger partial charge on any atom is -0.340 e. The average Bonchev–Trinajstić information content (AvgIpc) is 3.37. The summed E-state index contributed by atoms with van der Waals surface area (Å²) in [6.07, 6.45) is 7.63. The van der Waals surface area contributed by atoms with Gasteiger partial charge in [0.15, 0.2) is 11.5 Å². The molecule has 2 aliphatic rings. The van der Waals surface area contributed by atoms with E-state index in [1.54, 1.807) is 16.8 Å². The molecule has 2 N–H and O–H groups in total. The smallest absolute Gasteiger partial charge is 0.254 e. The molecule has 30 heavy (non-hydrogen) atoms. The van der Waals surface area contributed by atoms with Crippen LogP contribution in [0.15, 0.2) is 47.1 Å². The number of aryl methyl sites for hydroxylation is 1. The van der Waals surface area contributed by atoms with Crippen LogP contribution in [0.1, 0.15) is 30.4 Å². The van der Waals surface area contributed by atoms with E-state index in [9.17, 15) is 9.59 Å². The van der Waals surface area contributed by atoms with Crippen molar-refractivity contribution in [3.63, 3.8) is 0 Å². The number of benzene rings is 1. The molecule has 1 aromatic carbocycles. The summed E-state index contributed by atoms with van der Waals surface area (Å²) >= 11 is 0. The molecule has 1 aliphatic heterocycles. The number of carbonyl (C=O) groups is 2. The topological polar surface area (TPSA) is 101 Å². The summed E-state index contributed by atoms with van der Waals surface area (Å²) in [4.78, 5) is 32.8. The number of nitrogens with zero attached hydrogens (tertiary/aromatic N) is 4. The zero-order chi connectivity index (χ0) is 20.7. The largest absolute Gasteiger partial charge is 0.340 e. The molecule has 8 heteroatoms. The van der Waals surface area contributed by atoms with E-state index in [2.05, 4.69) is 20.7 Å². The van der Waals surface area contributed by atoms with Gasteiger partial charge in [0.1, 0.15) is 5.82 Å². The quantitative estimate of drug-likeness (QED) is 0.389. The Morgan fingerprint density at radius 1 is 1.27 bits per heavy atom. The molecule has 0 spiro atoms. The van der Waals surface area contributed by atoms with E-state index in [0.29, 0.717) is 34.3 Å². The van der Waals surface area contributed by atoms with Crippen LogP contribution in [0.5, 0.6) is 0 Å². The first kappa shape index (κ1) is 18.2. The van der Waals surface area contributed by atoms with Gasteiger partial charge >= 0.3 is 0 Å². The van der Waals surface area contributed by atoms with Crippen LogP contribution >= 0.6 is 0 Å². The lowest BCUT2D eigenvalue weighted by Crippen LogP contribution is -2.19. The minimum atomic E-state index is -0.375. The Kier molecular flexibility index (Phi) is 4.39. The van der Waals surface area contributed by atoms with Crippen molar-refractivity contribution in [3.8, 4) is 0 Å². The van der Waals surface area contributed by atoms with Crippen molar-refractivity contribution in [1.29, 1.82) is 0 Å². The zero-order valence-electron chi connectivity index (χ0n) is 16.4. The molecular weight excluding hydrogens is 380 g/mol. The Hall–Kier alpha value is -3.81. The third-order valence-corrected chi connectivity index (χ3v) is 5.04. The molecule has 2 fully saturated rings. The lowest BCUT2D eigenvalue weighted by molar-refractivity contribution is -0.124. The Bertz CT molecular complexity index is 1240. The van der Waals surface area contributed by atoms with Crippen molar-refractivity contribution >= 4 is 47.1 Å². The number of carbonyl (C=O) groups excluding carboxylic acids is 2. The van der Waals surface area contributed by atoms with Gasteiger partial charge in [0.2, 0.25) is 5.91 Å². The van der Waals surface area contributed by atoms with E-state index < -0.39 is 0 Å². The van der Waals surface area contributed by atoms with Gasteiger partial charge < -0.3 is 5.32 Å². The van der Waals surface area contributed by atoms with E-state index in [1.165, 1.54) is 0 Å². The van der Waals surface area contributed by atoms with Crippen molar-refractivity contribution in [1.82, 2.24) is 19.9 Å². The molecule has 1 saturated heterocycles. The number of aromatic nitrogens is 3. The molecule has 1 saturated carbocycles. The maximum atomic E-state index is 12.0. The van der Waals surface area contributed by atoms with E-state index in [1.807, 2.05) is 43.5 Å². The van der Waals surface area contributed by atoms with Crippen molar-refractivity contribution in [3.05, 3.63) is 53.2 Å². The van der Waals surface area contributed by atoms with Crippen molar-refractivity contribution in [2.75, 3.05) is 5.32 Å². The van der Waals surface area contributed by atoms with Gasteiger partial charge in [-0.3, -0.25) is 14.9 Å². The van der Waals surface area contributed by atoms with Crippen molar-refractivity contribution < 1.29 is 9.59 Å². The molecule has 0 bridgehead atoms. The molecular formula is C22H20N6O2. The summed E-state index contributed by atoms with van der Waals surface area (Å²) in [5.74, 6) is 1.13. The zero-order valence-corrected chi connectivity index (χ0v) is 16.4. The lowest BCUT2D eigenvalue weighted by atomic mass is 10.1. The monoisotopic (exact) mass is 400 g/mol. The van der Waals surface area contributed by atoms with Gasteiger partial charge in [0.25, 0.3) is 5.91 Å². The number of amides is 2. The fraction of sp³-hybridized carbons (Fsp3) is 0.227. The molecule has 3 heterocycles. The van der Waals surface area contributed by atoms with Crippen molar-refractivity contribution in [2.45, 2.75) is 26.2 Å². The second-order valence-corrected chi connectivity index (χ2v) is 7.67. The number of fused-ring (bicyclic) bond motifs is 1. The fourth-order valence-electron chi connectivity index (χ4n) is 3.33. The first-order valence-electron chi connectivity index (χ1n) is 9.86. The number of hydrogen-bond acceptors (Lipinski definition) is 6. The first-order valence-corrected chi connectivity index (χ1v) is 9.86. The molecule has 0 atom stereocenters. The van der Waals surface area contributed by atoms with E-state index >= 15 is 0 Å². The van der Waals surface area contributed by atoms with Crippen LogP contribution in [0.25, 0.3) is 11.7 Å². The van der Waals surface area contributed by atoms with Gasteiger partial charge in [-0.1, -0.05) is 12.1 Å². The summed E-state index contributed by atoms with van der Waals surface area (Å²) in [6.45, 7) is 2.03. The Balaban J connectivity index is 1.59. The number of rotatable bonds is 5. The predicted octanol–water partition coefficient (Wildman–Crippen LogP) is 3.32. The van der Waals surface area contributed by atoms with Gasteiger partial charge in [-0.15, -0.1) is 0 Å².